The van der Waals surface area contributed by atoms with Crippen molar-refractivity contribution < 1.29 is 19.1 Å². The van der Waals surface area contributed by atoms with Crippen LogP contribution in [-0.2, 0) is 16.0 Å². The van der Waals surface area contributed by atoms with Crippen LogP contribution in [0.25, 0.3) is 11.1 Å². The van der Waals surface area contributed by atoms with Gasteiger partial charge in [-0.15, -0.1) is 0 Å². The Morgan fingerprint density at radius 2 is 1.79 bits per heavy atom. The van der Waals surface area contributed by atoms with Crippen LogP contribution in [0.5, 0.6) is 5.75 Å². The number of amides is 1. The van der Waals surface area contributed by atoms with Crippen molar-refractivity contribution in [2.24, 2.45) is 0 Å². The van der Waals surface area contributed by atoms with Crippen LogP contribution in [0.15, 0.2) is 72.8 Å². The maximum atomic E-state index is 13.0. The van der Waals surface area contributed by atoms with Gasteiger partial charge in [-0.25, -0.2) is 0 Å². The van der Waals surface area contributed by atoms with Gasteiger partial charge in [-0.2, -0.15) is 0 Å². The molecule has 3 aromatic rings. The number of carbonyl (C=O) groups is 2. The van der Waals surface area contributed by atoms with E-state index in [1.807, 2.05) is 42.5 Å². The van der Waals surface area contributed by atoms with Gasteiger partial charge in [0, 0.05) is 24.6 Å². The van der Waals surface area contributed by atoms with Gasteiger partial charge >= 0.3 is 0 Å². The van der Waals surface area contributed by atoms with Crippen molar-refractivity contribution in [3.05, 3.63) is 83.9 Å². The zero-order chi connectivity index (χ0) is 23.5. The molecule has 2 fully saturated rings. The first-order chi connectivity index (χ1) is 16.6. The van der Waals surface area contributed by atoms with E-state index in [9.17, 15) is 9.59 Å². The van der Waals surface area contributed by atoms with E-state index in [4.69, 9.17) is 9.47 Å². The first-order valence-corrected chi connectivity index (χ1v) is 11.6. The molecule has 2 heterocycles. The molecule has 1 N–H and O–H groups in total. The third-order valence-electron chi connectivity index (χ3n) is 6.58. The summed E-state index contributed by atoms with van der Waals surface area (Å²) in [6.45, 7) is 1.79. The number of morpholine rings is 1. The molecule has 0 radical (unpaired) electrons. The molecule has 0 aromatic heterocycles. The normalized spacial score (nSPS) is 19.2. The van der Waals surface area contributed by atoms with Crippen LogP contribution >= 0.6 is 0 Å². The van der Waals surface area contributed by atoms with Crippen LogP contribution in [0.1, 0.15) is 22.3 Å². The van der Waals surface area contributed by atoms with Crippen molar-refractivity contribution in [3.63, 3.8) is 0 Å². The van der Waals surface area contributed by atoms with Crippen molar-refractivity contribution in [3.8, 4) is 16.9 Å². The number of nitrogens with zero attached hydrogens (tertiary/aromatic N) is 1. The summed E-state index contributed by atoms with van der Waals surface area (Å²) in [6, 6.07) is 23.7. The summed E-state index contributed by atoms with van der Waals surface area (Å²) < 4.78 is 11.0. The Balaban J connectivity index is 1.25. The predicted molar refractivity (Wildman–Crippen MR) is 131 cm³/mol. The highest BCUT2D eigenvalue weighted by molar-refractivity contribution is 6.00. The number of ether oxygens (including phenoxy) is 2. The van der Waals surface area contributed by atoms with E-state index >= 15 is 0 Å². The molecule has 5 rings (SSSR count). The summed E-state index contributed by atoms with van der Waals surface area (Å²) in [6.07, 6.45) is 1.52. The SMILES string of the molecule is COc1ccc(C(=O)Cc2ccc(-c3ccccc3)cc2)cc1NC(=O)CN1C[C@H]2C[C@@H]1CO2. The minimum Gasteiger partial charge on any atom is -0.495 e. The number of benzene rings is 3. The lowest BCUT2D eigenvalue weighted by molar-refractivity contribution is -0.118. The number of Topliss-reactive ketones (excluding diaryl/α,β-unsaturated/α-hetero) is 1. The molecule has 1 amide bonds. The Labute approximate surface area is 199 Å². The van der Waals surface area contributed by atoms with Crippen LogP contribution in [0.4, 0.5) is 5.69 Å². The van der Waals surface area contributed by atoms with Crippen molar-refractivity contribution in [1.82, 2.24) is 4.90 Å². The average molecular weight is 457 g/mol. The van der Waals surface area contributed by atoms with E-state index in [2.05, 4.69) is 22.3 Å². The van der Waals surface area contributed by atoms with E-state index in [0.717, 1.165) is 29.7 Å². The van der Waals surface area contributed by atoms with Crippen LogP contribution < -0.4 is 10.1 Å². The number of ketones is 1. The number of hydrogen-bond acceptors (Lipinski definition) is 5. The molecule has 2 aliphatic rings. The lowest BCUT2D eigenvalue weighted by atomic mass is 9.99. The van der Waals surface area contributed by atoms with Gasteiger partial charge in [0.15, 0.2) is 5.78 Å². The highest BCUT2D eigenvalue weighted by Gasteiger charge is 2.39. The van der Waals surface area contributed by atoms with Gasteiger partial charge in [-0.05, 0) is 41.3 Å². The fraction of sp³-hybridized carbons (Fsp3) is 0.286. The van der Waals surface area contributed by atoms with Crippen LogP contribution in [0.3, 0.4) is 0 Å². The van der Waals surface area contributed by atoms with E-state index in [1.54, 1.807) is 25.3 Å². The smallest absolute Gasteiger partial charge is 0.238 e. The topological polar surface area (TPSA) is 67.9 Å². The Bertz CT molecular complexity index is 1180. The lowest BCUT2D eigenvalue weighted by Crippen LogP contribution is -2.41. The number of hydrogen-bond donors (Lipinski definition) is 1. The summed E-state index contributed by atoms with van der Waals surface area (Å²) in [5, 5.41) is 2.93. The molecule has 0 aliphatic carbocycles. The first kappa shape index (κ1) is 22.3. The van der Waals surface area contributed by atoms with Gasteiger partial charge in [0.25, 0.3) is 0 Å². The first-order valence-electron chi connectivity index (χ1n) is 11.6. The second kappa shape index (κ2) is 9.79. The van der Waals surface area contributed by atoms with Gasteiger partial charge < -0.3 is 14.8 Å². The molecule has 6 heteroatoms. The number of fused-ring (bicyclic) bond motifs is 2. The van der Waals surface area contributed by atoms with Gasteiger partial charge in [0.2, 0.25) is 5.91 Å². The molecular formula is C28H28N2O4. The number of carbonyl (C=O) groups excluding carboxylic acids is 2. The largest absolute Gasteiger partial charge is 0.495 e. The summed E-state index contributed by atoms with van der Waals surface area (Å²) in [4.78, 5) is 27.9. The molecule has 2 bridgehead atoms. The van der Waals surface area contributed by atoms with E-state index in [-0.39, 0.29) is 24.2 Å². The molecule has 3 aromatic carbocycles. The van der Waals surface area contributed by atoms with Crippen LogP contribution in [0, 0.1) is 0 Å². The second-order valence-corrected chi connectivity index (χ2v) is 8.90. The minimum atomic E-state index is -0.119. The highest BCUT2D eigenvalue weighted by Crippen LogP contribution is 2.29. The quantitative estimate of drug-likeness (QED) is 0.515. The van der Waals surface area contributed by atoms with E-state index in [1.165, 1.54) is 0 Å². The van der Waals surface area contributed by atoms with Crippen LogP contribution in [0.2, 0.25) is 0 Å². The maximum Gasteiger partial charge on any atom is 0.238 e. The molecule has 0 spiro atoms. The number of nitrogens with one attached hydrogen (secondary N) is 1. The lowest BCUT2D eigenvalue weighted by Gasteiger charge is -2.26. The van der Waals surface area contributed by atoms with Crippen molar-refractivity contribution >= 4 is 17.4 Å². The molecule has 34 heavy (non-hydrogen) atoms. The summed E-state index contributed by atoms with van der Waals surface area (Å²) in [7, 11) is 1.55. The predicted octanol–water partition coefficient (Wildman–Crippen LogP) is 4.20. The second-order valence-electron chi connectivity index (χ2n) is 8.90. The third-order valence-corrected chi connectivity index (χ3v) is 6.58. The molecular weight excluding hydrogens is 428 g/mol. The van der Waals surface area contributed by atoms with Crippen molar-refractivity contribution in [2.45, 2.75) is 25.0 Å². The molecule has 6 nitrogen and oxygen atoms in total. The van der Waals surface area contributed by atoms with Gasteiger partial charge in [-0.3, -0.25) is 14.5 Å². The molecule has 174 valence electrons. The zero-order valence-corrected chi connectivity index (χ0v) is 19.2. The van der Waals surface area contributed by atoms with Gasteiger partial charge in [0.1, 0.15) is 5.75 Å². The standard InChI is InChI=1S/C28H28N2O4/c1-33-27-12-11-22(14-25(27)29-28(32)17-30-16-24-15-23(30)18-34-24)26(31)13-19-7-9-21(10-8-19)20-5-3-2-4-6-20/h2-12,14,23-24H,13,15-18H2,1H3,(H,29,32)/t23-,24-/m1/s1. The molecule has 2 atom stereocenters. The molecule has 0 saturated carbocycles. The van der Waals surface area contributed by atoms with E-state index in [0.29, 0.717) is 36.2 Å². The van der Waals surface area contributed by atoms with Crippen LogP contribution in [-0.4, -0.2) is 55.5 Å². The molecule has 0 unspecified atom stereocenters. The zero-order valence-electron chi connectivity index (χ0n) is 19.2. The Hall–Kier alpha value is -3.48. The van der Waals surface area contributed by atoms with Crippen molar-refractivity contribution in [2.75, 3.05) is 32.1 Å². The Kier molecular flexibility index (Phi) is 6.43. The summed E-state index contributed by atoms with van der Waals surface area (Å²) in [5.41, 5.74) is 4.25. The number of anilines is 1. The number of methoxy groups -OCH3 is 1. The van der Waals surface area contributed by atoms with Gasteiger partial charge in [0.05, 0.1) is 32.1 Å². The minimum absolute atomic E-state index is 0.0142. The fourth-order valence-corrected chi connectivity index (χ4v) is 4.76. The number of rotatable bonds is 8. The van der Waals surface area contributed by atoms with Gasteiger partial charge in [-0.1, -0.05) is 54.6 Å². The van der Waals surface area contributed by atoms with Crippen molar-refractivity contribution in [1.29, 1.82) is 0 Å². The Morgan fingerprint density at radius 1 is 1.03 bits per heavy atom. The summed E-state index contributed by atoms with van der Waals surface area (Å²) >= 11 is 0. The summed E-state index contributed by atoms with van der Waals surface area (Å²) in [5.74, 6) is 0.398. The maximum absolute atomic E-state index is 13.0. The highest BCUT2D eigenvalue weighted by atomic mass is 16.5. The molecule has 2 aliphatic heterocycles. The third kappa shape index (κ3) is 4.88. The Morgan fingerprint density at radius 3 is 2.47 bits per heavy atom. The monoisotopic (exact) mass is 456 g/mol. The van der Waals surface area contributed by atoms with E-state index < -0.39 is 0 Å². The number of likely N-dealkylation sites (tertiary alicyclic amines) is 1. The fourth-order valence-electron chi connectivity index (χ4n) is 4.76. The average Bonchev–Trinajstić information content (AvgIpc) is 3.48. The molecule has 2 saturated heterocycles.